The molecule has 0 saturated heterocycles. The van der Waals surface area contributed by atoms with Gasteiger partial charge in [-0.15, -0.1) is 0 Å². The van der Waals surface area contributed by atoms with E-state index in [2.05, 4.69) is 19.6 Å². The van der Waals surface area contributed by atoms with E-state index >= 15 is 0 Å². The van der Waals surface area contributed by atoms with Gasteiger partial charge in [0.1, 0.15) is 0 Å². The predicted molar refractivity (Wildman–Crippen MR) is 87.4 cm³/mol. The molecule has 1 radical (unpaired) electrons. The SMILES string of the molecule is CCOc1ccccc1OCOCC[Si](C)(C)C.O[B]O. The Morgan fingerprint density at radius 3 is 2.05 bits per heavy atom. The molecule has 5 nitrogen and oxygen atoms in total. The summed E-state index contributed by atoms with van der Waals surface area (Å²) in [6.45, 7) is 10.7. The lowest BCUT2D eigenvalue weighted by atomic mass is 10.3. The molecule has 0 bridgehead atoms. The molecule has 0 spiro atoms. The molecule has 1 aromatic carbocycles. The molecular formula is C14H26BO5Si. The fourth-order valence-corrected chi connectivity index (χ4v) is 2.14. The topological polar surface area (TPSA) is 68.2 Å². The molecule has 7 heteroatoms. The number of hydrogen-bond acceptors (Lipinski definition) is 5. The highest BCUT2D eigenvalue weighted by Crippen LogP contribution is 2.26. The van der Waals surface area contributed by atoms with Crippen LogP contribution in [0, 0.1) is 0 Å². The van der Waals surface area contributed by atoms with Gasteiger partial charge >= 0.3 is 7.69 Å². The minimum Gasteiger partial charge on any atom is -0.490 e. The largest absolute Gasteiger partial charge is 0.490 e. The second-order valence-electron chi connectivity index (χ2n) is 5.48. The Kier molecular flexibility index (Phi) is 11.1. The van der Waals surface area contributed by atoms with E-state index in [0.717, 1.165) is 24.2 Å². The van der Waals surface area contributed by atoms with Gasteiger partial charge in [-0.1, -0.05) is 31.8 Å². The van der Waals surface area contributed by atoms with Gasteiger partial charge in [0.2, 0.25) is 0 Å². The van der Waals surface area contributed by atoms with Crippen molar-refractivity contribution in [2.24, 2.45) is 0 Å². The summed E-state index contributed by atoms with van der Waals surface area (Å²) >= 11 is 0. The van der Waals surface area contributed by atoms with Gasteiger partial charge in [0.25, 0.3) is 0 Å². The molecule has 1 aromatic rings. The van der Waals surface area contributed by atoms with Crippen LogP contribution in [0.4, 0.5) is 0 Å². The first-order chi connectivity index (χ1) is 9.94. The number of ether oxygens (including phenoxy) is 3. The van der Waals surface area contributed by atoms with Gasteiger partial charge in [-0.3, -0.25) is 0 Å². The number of benzene rings is 1. The van der Waals surface area contributed by atoms with Gasteiger partial charge in [-0.2, -0.15) is 0 Å². The molecule has 0 aromatic heterocycles. The van der Waals surface area contributed by atoms with Crippen molar-refractivity contribution in [3.8, 4) is 11.5 Å². The fourth-order valence-electron chi connectivity index (χ4n) is 1.39. The van der Waals surface area contributed by atoms with Crippen LogP contribution in [-0.2, 0) is 4.74 Å². The van der Waals surface area contributed by atoms with E-state index in [1.54, 1.807) is 0 Å². The monoisotopic (exact) mass is 313 g/mol. The molecule has 0 amide bonds. The third-order valence-corrected chi connectivity index (χ3v) is 4.15. The summed E-state index contributed by atoms with van der Waals surface area (Å²) in [6, 6.07) is 8.82. The molecule has 0 saturated carbocycles. The zero-order valence-corrected chi connectivity index (χ0v) is 14.3. The van der Waals surface area contributed by atoms with Crippen LogP contribution >= 0.6 is 0 Å². The van der Waals surface area contributed by atoms with Gasteiger partial charge in [-0.25, -0.2) is 0 Å². The van der Waals surface area contributed by atoms with Gasteiger partial charge < -0.3 is 24.3 Å². The Labute approximate surface area is 129 Å². The molecular weight excluding hydrogens is 287 g/mol. The maximum Gasteiger partial charge on any atom is 0.482 e. The van der Waals surface area contributed by atoms with Crippen LogP contribution in [0.25, 0.3) is 0 Å². The molecule has 119 valence electrons. The Morgan fingerprint density at radius 2 is 1.57 bits per heavy atom. The van der Waals surface area contributed by atoms with Crippen LogP contribution in [0.3, 0.4) is 0 Å². The zero-order valence-electron chi connectivity index (χ0n) is 13.3. The van der Waals surface area contributed by atoms with E-state index in [-0.39, 0.29) is 14.5 Å². The van der Waals surface area contributed by atoms with Gasteiger partial charge in [0.05, 0.1) is 6.61 Å². The maximum atomic E-state index is 7.00. The Hall–Kier alpha value is -1.02. The molecule has 21 heavy (non-hydrogen) atoms. The smallest absolute Gasteiger partial charge is 0.482 e. The molecule has 2 N–H and O–H groups in total. The molecule has 0 fully saturated rings. The second-order valence-corrected chi connectivity index (χ2v) is 11.1. The molecule has 0 heterocycles. The summed E-state index contributed by atoms with van der Waals surface area (Å²) in [7, 11) is -1.02. The van der Waals surface area contributed by atoms with Crippen LogP contribution in [0.2, 0.25) is 25.7 Å². The van der Waals surface area contributed by atoms with Crippen LogP contribution < -0.4 is 9.47 Å². The van der Waals surface area contributed by atoms with Gasteiger partial charge in [0, 0.05) is 14.7 Å². The molecule has 0 aliphatic carbocycles. The molecule has 0 aliphatic heterocycles. The molecule has 1 rings (SSSR count). The summed E-state index contributed by atoms with van der Waals surface area (Å²) in [5.74, 6) is 1.51. The molecule has 0 aliphatic rings. The second kappa shape index (κ2) is 11.6. The van der Waals surface area contributed by atoms with Crippen LogP contribution in [0.15, 0.2) is 24.3 Å². The fraction of sp³-hybridized carbons (Fsp3) is 0.571. The van der Waals surface area contributed by atoms with Crippen molar-refractivity contribution < 1.29 is 24.3 Å². The van der Waals surface area contributed by atoms with E-state index < -0.39 is 8.07 Å². The molecule has 0 unspecified atom stereocenters. The third kappa shape index (κ3) is 11.3. The minimum absolute atomic E-state index is 0. The third-order valence-electron chi connectivity index (χ3n) is 2.44. The van der Waals surface area contributed by atoms with Crippen molar-refractivity contribution in [2.75, 3.05) is 20.0 Å². The minimum atomic E-state index is -1.02. The highest BCUT2D eigenvalue weighted by molar-refractivity contribution is 6.76. The maximum absolute atomic E-state index is 7.00. The lowest BCUT2D eigenvalue weighted by Crippen LogP contribution is -2.22. The Balaban J connectivity index is 0.00000122. The summed E-state index contributed by atoms with van der Waals surface area (Å²) in [5, 5.41) is 14.0. The first-order valence-corrected chi connectivity index (χ1v) is 10.7. The Morgan fingerprint density at radius 1 is 1.05 bits per heavy atom. The van der Waals surface area contributed by atoms with Crippen molar-refractivity contribution >= 4 is 15.8 Å². The van der Waals surface area contributed by atoms with Crippen LogP contribution in [0.5, 0.6) is 11.5 Å². The summed E-state index contributed by atoms with van der Waals surface area (Å²) in [6.07, 6.45) is 0. The summed E-state index contributed by atoms with van der Waals surface area (Å²) in [5.41, 5.74) is 0. The normalized spacial score (nSPS) is 10.4. The number of hydrogen-bond donors (Lipinski definition) is 2. The highest BCUT2D eigenvalue weighted by atomic mass is 28.3. The van der Waals surface area contributed by atoms with E-state index in [4.69, 9.17) is 24.3 Å². The van der Waals surface area contributed by atoms with Gasteiger partial charge in [-0.05, 0) is 25.1 Å². The van der Waals surface area contributed by atoms with E-state index in [9.17, 15) is 0 Å². The van der Waals surface area contributed by atoms with Gasteiger partial charge in [0.15, 0.2) is 18.3 Å². The first-order valence-electron chi connectivity index (χ1n) is 6.97. The van der Waals surface area contributed by atoms with Crippen molar-refractivity contribution in [3.05, 3.63) is 24.3 Å². The predicted octanol–water partition coefficient (Wildman–Crippen LogP) is 2.28. The van der Waals surface area contributed by atoms with Crippen molar-refractivity contribution in [2.45, 2.75) is 32.6 Å². The van der Waals surface area contributed by atoms with Crippen LogP contribution in [0.1, 0.15) is 6.92 Å². The van der Waals surface area contributed by atoms with Crippen LogP contribution in [-0.4, -0.2) is 45.8 Å². The van der Waals surface area contributed by atoms with Crippen molar-refractivity contribution in [3.63, 3.8) is 0 Å². The van der Waals surface area contributed by atoms with Crippen molar-refractivity contribution in [1.29, 1.82) is 0 Å². The van der Waals surface area contributed by atoms with E-state index in [1.807, 2.05) is 31.2 Å². The zero-order chi connectivity index (χ0) is 16.1. The standard InChI is InChI=1S/C14H24O3Si.BH2O2/c1-5-16-13-8-6-7-9-14(13)17-12-15-10-11-18(2,3)4;2-1-3/h6-9H,5,10-12H2,1-4H3;2-3H. The first kappa shape index (κ1) is 20.0. The van der Waals surface area contributed by atoms with E-state index in [1.165, 1.54) is 0 Å². The quantitative estimate of drug-likeness (QED) is 0.438. The lowest BCUT2D eigenvalue weighted by molar-refractivity contribution is 0.0202. The lowest BCUT2D eigenvalue weighted by Gasteiger charge is -2.16. The highest BCUT2D eigenvalue weighted by Gasteiger charge is 2.12. The Bertz CT molecular complexity index is 371. The number of para-hydroxylation sites is 2. The summed E-state index contributed by atoms with van der Waals surface area (Å²) in [4.78, 5) is 0. The van der Waals surface area contributed by atoms with Crippen molar-refractivity contribution in [1.82, 2.24) is 0 Å². The molecule has 0 atom stereocenters. The average molecular weight is 313 g/mol. The van der Waals surface area contributed by atoms with E-state index in [0.29, 0.717) is 6.61 Å². The number of rotatable bonds is 8. The average Bonchev–Trinajstić information content (AvgIpc) is 2.40. The summed E-state index contributed by atoms with van der Waals surface area (Å²) < 4.78 is 16.6.